The van der Waals surface area contributed by atoms with Gasteiger partial charge >= 0.3 is 0 Å². The van der Waals surface area contributed by atoms with Crippen molar-refractivity contribution in [3.63, 3.8) is 0 Å². The van der Waals surface area contributed by atoms with Crippen LogP contribution >= 0.6 is 11.6 Å². The van der Waals surface area contributed by atoms with Crippen molar-refractivity contribution in [2.45, 2.75) is 31.4 Å². The van der Waals surface area contributed by atoms with Gasteiger partial charge in [-0.1, -0.05) is 11.6 Å². The van der Waals surface area contributed by atoms with E-state index in [1.54, 1.807) is 0 Å². The number of rotatable bonds is 3. The molecule has 3 rings (SSSR count). The molecular formula is C16H19ClFNO4. The second-order valence-corrected chi connectivity index (χ2v) is 6.50. The highest BCUT2D eigenvalue weighted by molar-refractivity contribution is 6.34. The SMILES string of the molecule is COc1cc(F)c(C(=O)N[C@@H]2C[C@@H](O)C23CCOCC3)c(Cl)c1. The standard InChI is InChI=1S/C16H19ClFNO4/c1-22-9-6-10(17)14(11(18)7-9)15(21)19-12-8-13(20)16(12)2-4-23-5-3-16/h6-7,12-13,20H,2-5,8H2,1H3,(H,19,21)/t12-,13-/m1/s1. The number of aliphatic hydroxyl groups excluding tert-OH is 1. The summed E-state index contributed by atoms with van der Waals surface area (Å²) in [5.41, 5.74) is -0.570. The third-order valence-electron chi connectivity index (χ3n) is 5.02. The Morgan fingerprint density at radius 3 is 2.74 bits per heavy atom. The summed E-state index contributed by atoms with van der Waals surface area (Å²) in [4.78, 5) is 12.4. The molecule has 0 unspecified atom stereocenters. The zero-order valence-electron chi connectivity index (χ0n) is 12.8. The van der Waals surface area contributed by atoms with Gasteiger partial charge in [0.1, 0.15) is 11.6 Å². The summed E-state index contributed by atoms with van der Waals surface area (Å²) >= 11 is 6.01. The highest BCUT2D eigenvalue weighted by atomic mass is 35.5. The molecule has 1 saturated heterocycles. The molecule has 2 fully saturated rings. The molecule has 1 heterocycles. The Morgan fingerprint density at radius 1 is 1.48 bits per heavy atom. The molecule has 1 aromatic carbocycles. The van der Waals surface area contributed by atoms with Crippen molar-refractivity contribution in [3.05, 3.63) is 28.5 Å². The minimum absolute atomic E-state index is 0.000231. The van der Waals surface area contributed by atoms with E-state index in [4.69, 9.17) is 21.1 Å². The topological polar surface area (TPSA) is 67.8 Å². The van der Waals surface area contributed by atoms with Gasteiger partial charge in [0.2, 0.25) is 0 Å². The number of nitrogens with one attached hydrogen (secondary N) is 1. The first-order chi connectivity index (χ1) is 11.0. The van der Waals surface area contributed by atoms with E-state index in [2.05, 4.69) is 5.32 Å². The third-order valence-corrected chi connectivity index (χ3v) is 5.32. The number of carbonyl (C=O) groups is 1. The maximum Gasteiger partial charge on any atom is 0.256 e. The molecule has 1 amide bonds. The summed E-state index contributed by atoms with van der Waals surface area (Å²) in [5, 5.41) is 13.0. The van der Waals surface area contributed by atoms with E-state index in [1.165, 1.54) is 13.2 Å². The van der Waals surface area contributed by atoms with Crippen LogP contribution in [0.5, 0.6) is 5.75 Å². The average Bonchev–Trinajstić information content (AvgIpc) is 2.54. The van der Waals surface area contributed by atoms with Crippen LogP contribution in [0.2, 0.25) is 5.02 Å². The summed E-state index contributed by atoms with van der Waals surface area (Å²) in [7, 11) is 1.40. The Bertz CT molecular complexity index is 595. The molecule has 1 saturated carbocycles. The minimum atomic E-state index is -0.729. The number of methoxy groups -OCH3 is 1. The Hall–Kier alpha value is -1.37. The summed E-state index contributed by atoms with van der Waals surface area (Å²) in [6, 6.07) is 2.33. The number of hydrogen-bond donors (Lipinski definition) is 2. The van der Waals surface area contributed by atoms with Gasteiger partial charge in [0, 0.05) is 30.7 Å². The van der Waals surface area contributed by atoms with Crippen molar-refractivity contribution >= 4 is 17.5 Å². The summed E-state index contributed by atoms with van der Waals surface area (Å²) in [5.74, 6) is -1.05. The Morgan fingerprint density at radius 2 is 2.17 bits per heavy atom. The van der Waals surface area contributed by atoms with Gasteiger partial charge in [-0.3, -0.25) is 4.79 Å². The Labute approximate surface area is 138 Å². The van der Waals surface area contributed by atoms with Crippen molar-refractivity contribution in [3.8, 4) is 5.75 Å². The predicted octanol–water partition coefficient (Wildman–Crippen LogP) is 2.15. The van der Waals surface area contributed by atoms with E-state index < -0.39 is 17.8 Å². The molecule has 1 aliphatic carbocycles. The first kappa shape index (κ1) is 16.5. The maximum atomic E-state index is 14.1. The summed E-state index contributed by atoms with van der Waals surface area (Å²) in [6.45, 7) is 1.11. The lowest BCUT2D eigenvalue weighted by atomic mass is 9.58. The Kier molecular flexibility index (Phi) is 4.49. The fourth-order valence-corrected chi connectivity index (χ4v) is 3.80. The van der Waals surface area contributed by atoms with E-state index >= 15 is 0 Å². The van der Waals surface area contributed by atoms with Crippen molar-refractivity contribution in [2.75, 3.05) is 20.3 Å². The van der Waals surface area contributed by atoms with Crippen LogP contribution < -0.4 is 10.1 Å². The second kappa shape index (κ2) is 6.26. The number of amides is 1. The zero-order chi connectivity index (χ0) is 16.6. The normalized spacial score (nSPS) is 25.7. The van der Waals surface area contributed by atoms with E-state index in [9.17, 15) is 14.3 Å². The van der Waals surface area contributed by atoms with Crippen LogP contribution in [0, 0.1) is 11.2 Å². The monoisotopic (exact) mass is 343 g/mol. The van der Waals surface area contributed by atoms with Crippen molar-refractivity contribution in [1.82, 2.24) is 5.32 Å². The number of aliphatic hydroxyl groups is 1. The van der Waals surface area contributed by atoms with Gasteiger partial charge in [0.15, 0.2) is 0 Å². The first-order valence-electron chi connectivity index (χ1n) is 7.57. The van der Waals surface area contributed by atoms with Crippen LogP contribution in [-0.4, -0.2) is 43.5 Å². The van der Waals surface area contributed by atoms with Crippen LogP contribution in [0.3, 0.4) is 0 Å². The lowest BCUT2D eigenvalue weighted by molar-refractivity contribution is -0.145. The molecule has 2 N–H and O–H groups in total. The molecule has 2 atom stereocenters. The van der Waals surface area contributed by atoms with Gasteiger partial charge in [0.25, 0.3) is 5.91 Å². The smallest absolute Gasteiger partial charge is 0.256 e. The lowest BCUT2D eigenvalue weighted by Gasteiger charge is -2.55. The molecule has 0 bridgehead atoms. The minimum Gasteiger partial charge on any atom is -0.497 e. The molecule has 5 nitrogen and oxygen atoms in total. The second-order valence-electron chi connectivity index (χ2n) is 6.09. The van der Waals surface area contributed by atoms with Crippen LogP contribution in [0.1, 0.15) is 29.6 Å². The summed E-state index contributed by atoms with van der Waals surface area (Å²) < 4.78 is 24.4. The van der Waals surface area contributed by atoms with E-state index in [0.29, 0.717) is 32.5 Å². The number of halogens is 2. The number of benzene rings is 1. The van der Waals surface area contributed by atoms with Crippen molar-refractivity contribution < 1.29 is 23.8 Å². The van der Waals surface area contributed by atoms with E-state index in [-0.39, 0.29) is 27.8 Å². The quantitative estimate of drug-likeness (QED) is 0.882. The number of carbonyl (C=O) groups excluding carboxylic acids is 1. The largest absolute Gasteiger partial charge is 0.497 e. The van der Waals surface area contributed by atoms with Crippen LogP contribution in [0.15, 0.2) is 12.1 Å². The average molecular weight is 344 g/mol. The number of hydrogen-bond acceptors (Lipinski definition) is 4. The lowest BCUT2D eigenvalue weighted by Crippen LogP contribution is -2.65. The first-order valence-corrected chi connectivity index (χ1v) is 7.95. The molecule has 2 aliphatic rings. The van der Waals surface area contributed by atoms with Gasteiger partial charge in [-0.15, -0.1) is 0 Å². The molecule has 1 aliphatic heterocycles. The molecule has 126 valence electrons. The van der Waals surface area contributed by atoms with E-state index in [1.807, 2.05) is 0 Å². The zero-order valence-corrected chi connectivity index (χ0v) is 13.5. The highest BCUT2D eigenvalue weighted by Crippen LogP contribution is 2.49. The summed E-state index contributed by atoms with van der Waals surface area (Å²) in [6.07, 6.45) is 1.35. The van der Waals surface area contributed by atoms with Gasteiger partial charge < -0.3 is 19.9 Å². The molecule has 1 aromatic rings. The Balaban J connectivity index is 1.77. The van der Waals surface area contributed by atoms with Gasteiger partial charge in [-0.05, 0) is 25.3 Å². The molecule has 1 spiro atoms. The van der Waals surface area contributed by atoms with Crippen LogP contribution in [0.4, 0.5) is 4.39 Å². The fourth-order valence-electron chi connectivity index (χ4n) is 3.52. The number of ether oxygens (including phenoxy) is 2. The van der Waals surface area contributed by atoms with Gasteiger partial charge in [0.05, 0.1) is 23.8 Å². The third kappa shape index (κ3) is 2.79. The molecule has 23 heavy (non-hydrogen) atoms. The van der Waals surface area contributed by atoms with Crippen molar-refractivity contribution in [2.24, 2.45) is 5.41 Å². The highest BCUT2D eigenvalue weighted by Gasteiger charge is 2.55. The van der Waals surface area contributed by atoms with Crippen LogP contribution in [-0.2, 0) is 4.74 Å². The molecule has 0 radical (unpaired) electrons. The van der Waals surface area contributed by atoms with Gasteiger partial charge in [-0.25, -0.2) is 4.39 Å². The van der Waals surface area contributed by atoms with Gasteiger partial charge in [-0.2, -0.15) is 0 Å². The molecular weight excluding hydrogens is 325 g/mol. The molecule has 0 aromatic heterocycles. The van der Waals surface area contributed by atoms with Crippen LogP contribution in [0.25, 0.3) is 0 Å². The maximum absolute atomic E-state index is 14.1. The van der Waals surface area contributed by atoms with Crippen molar-refractivity contribution in [1.29, 1.82) is 0 Å². The molecule has 7 heteroatoms. The van der Waals surface area contributed by atoms with E-state index in [0.717, 1.165) is 6.07 Å². The fraction of sp³-hybridized carbons (Fsp3) is 0.562. The predicted molar refractivity (Wildman–Crippen MR) is 82.3 cm³/mol.